The molecule has 2 N–H and O–H groups in total. The summed E-state index contributed by atoms with van der Waals surface area (Å²) in [5.41, 5.74) is 1.19. The van der Waals surface area contributed by atoms with Gasteiger partial charge in [-0.1, -0.05) is 18.5 Å². The summed E-state index contributed by atoms with van der Waals surface area (Å²) in [7, 11) is 0. The van der Waals surface area contributed by atoms with Gasteiger partial charge in [0, 0.05) is 19.1 Å². The van der Waals surface area contributed by atoms with Gasteiger partial charge >= 0.3 is 0 Å². The molecule has 0 aromatic heterocycles. The van der Waals surface area contributed by atoms with Crippen molar-refractivity contribution in [2.45, 2.75) is 43.9 Å². The minimum absolute atomic E-state index is 0.162. The molecule has 3 unspecified atom stereocenters. The lowest BCUT2D eigenvalue weighted by atomic mass is 9.92. The van der Waals surface area contributed by atoms with E-state index < -0.39 is 0 Å². The Morgan fingerprint density at radius 1 is 1.41 bits per heavy atom. The van der Waals surface area contributed by atoms with Gasteiger partial charge in [-0.3, -0.25) is 0 Å². The van der Waals surface area contributed by atoms with E-state index in [2.05, 4.69) is 23.8 Å². The maximum Gasteiger partial charge on any atom is 0.144 e. The topological polar surface area (TPSA) is 33.3 Å². The Balaban J connectivity index is 1.55. The van der Waals surface area contributed by atoms with Crippen LogP contribution in [-0.2, 0) is 4.74 Å². The highest BCUT2D eigenvalue weighted by Gasteiger charge is 2.36. The number of hydrogen-bond acceptors (Lipinski definition) is 3. The molecular weight excluding hydrogens is 236 g/mol. The largest absolute Gasteiger partial charge is 0.388 e. The Labute approximate surface area is 108 Å². The van der Waals surface area contributed by atoms with Crippen LogP contribution in [0, 0.1) is 11.8 Å². The number of rotatable bonds is 3. The highest BCUT2D eigenvalue weighted by molar-refractivity contribution is 6.19. The molecule has 1 saturated carbocycles. The average Bonchev–Trinajstić information content (AvgIpc) is 3.05. The first-order valence-electron chi connectivity index (χ1n) is 6.69. The second kappa shape index (κ2) is 4.79. The van der Waals surface area contributed by atoms with E-state index in [-0.39, 0.29) is 11.7 Å². The number of nitrogens with one attached hydrogen (secondary N) is 2. The molecule has 3 nitrogen and oxygen atoms in total. The molecule has 96 valence electrons. The maximum absolute atomic E-state index is 6.02. The summed E-state index contributed by atoms with van der Waals surface area (Å²) >= 11 is 6.02. The van der Waals surface area contributed by atoms with Gasteiger partial charge < -0.3 is 15.4 Å². The normalized spacial score (nSPS) is 39.6. The number of ether oxygens (including phenoxy) is 1. The third-order valence-electron chi connectivity index (χ3n) is 4.30. The zero-order valence-electron chi connectivity index (χ0n) is 10.3. The zero-order chi connectivity index (χ0) is 11.8. The molecule has 2 heterocycles. The molecule has 0 aromatic rings. The molecule has 0 spiro atoms. The van der Waals surface area contributed by atoms with Crippen molar-refractivity contribution in [1.82, 2.24) is 10.6 Å². The van der Waals surface area contributed by atoms with Gasteiger partial charge in [0.25, 0.3) is 0 Å². The van der Waals surface area contributed by atoms with Crippen LogP contribution < -0.4 is 10.6 Å². The number of morpholine rings is 1. The predicted molar refractivity (Wildman–Crippen MR) is 68.9 cm³/mol. The first-order valence-corrected chi connectivity index (χ1v) is 7.13. The highest BCUT2D eigenvalue weighted by Crippen LogP contribution is 2.40. The first kappa shape index (κ1) is 11.8. The van der Waals surface area contributed by atoms with Gasteiger partial charge in [-0.15, -0.1) is 0 Å². The second-order valence-electron chi connectivity index (χ2n) is 5.59. The van der Waals surface area contributed by atoms with Crippen LogP contribution in [0.3, 0.4) is 0 Å². The standard InChI is InChI=1S/C13H21ClN2O/c1-8(9-2-3-9)11-4-10(5-16-11)12-6-15-7-13(14)17-12/h5,8-9,11-13,15-16H,2-4,6-7H2,1H3/t8?,11-,12?,13?/m0/s1. The molecule has 3 aliphatic rings. The molecule has 0 amide bonds. The Morgan fingerprint density at radius 2 is 2.24 bits per heavy atom. The third kappa shape index (κ3) is 2.61. The summed E-state index contributed by atoms with van der Waals surface area (Å²) < 4.78 is 5.77. The van der Waals surface area contributed by atoms with Crippen LogP contribution in [0.4, 0.5) is 0 Å². The molecule has 2 fully saturated rings. The molecule has 0 aromatic carbocycles. The summed E-state index contributed by atoms with van der Waals surface area (Å²) in [6.45, 7) is 4.01. The molecule has 0 bridgehead atoms. The molecule has 4 atom stereocenters. The van der Waals surface area contributed by atoms with E-state index in [1.54, 1.807) is 0 Å². The van der Waals surface area contributed by atoms with E-state index in [1.165, 1.54) is 18.4 Å². The molecule has 2 aliphatic heterocycles. The minimum atomic E-state index is -0.186. The monoisotopic (exact) mass is 256 g/mol. The molecule has 1 saturated heterocycles. The zero-order valence-corrected chi connectivity index (χ0v) is 11.0. The summed E-state index contributed by atoms with van der Waals surface area (Å²) in [6.07, 6.45) is 6.27. The van der Waals surface area contributed by atoms with E-state index in [4.69, 9.17) is 16.3 Å². The van der Waals surface area contributed by atoms with E-state index in [9.17, 15) is 0 Å². The molecule has 0 radical (unpaired) electrons. The van der Waals surface area contributed by atoms with Crippen molar-refractivity contribution >= 4 is 11.6 Å². The van der Waals surface area contributed by atoms with Crippen LogP contribution in [0.1, 0.15) is 26.2 Å². The van der Waals surface area contributed by atoms with Gasteiger partial charge in [0.2, 0.25) is 0 Å². The molecule has 17 heavy (non-hydrogen) atoms. The van der Waals surface area contributed by atoms with Gasteiger partial charge in [-0.05, 0) is 42.9 Å². The fourth-order valence-corrected chi connectivity index (χ4v) is 3.15. The van der Waals surface area contributed by atoms with E-state index in [0.717, 1.165) is 31.3 Å². The van der Waals surface area contributed by atoms with Gasteiger partial charge in [0.15, 0.2) is 0 Å². The van der Waals surface area contributed by atoms with Gasteiger partial charge in [0.05, 0.1) is 6.10 Å². The number of hydrogen-bond donors (Lipinski definition) is 2. The molecule has 1 aliphatic carbocycles. The SMILES string of the molecule is CC(C1CC1)[C@@H]1CC(C2CNCC(Cl)O2)=CN1. The van der Waals surface area contributed by atoms with E-state index in [1.807, 2.05) is 0 Å². The molecular formula is C13H21ClN2O. The molecule has 3 rings (SSSR count). The average molecular weight is 257 g/mol. The quantitative estimate of drug-likeness (QED) is 0.756. The predicted octanol–water partition coefficient (Wildman–Crippen LogP) is 1.83. The summed E-state index contributed by atoms with van der Waals surface area (Å²) in [4.78, 5) is 0. The maximum atomic E-state index is 6.02. The fraction of sp³-hybridized carbons (Fsp3) is 0.846. The van der Waals surface area contributed by atoms with Crippen molar-refractivity contribution in [3.63, 3.8) is 0 Å². The van der Waals surface area contributed by atoms with Crippen molar-refractivity contribution in [2.75, 3.05) is 13.1 Å². The minimum Gasteiger partial charge on any atom is -0.388 e. The van der Waals surface area contributed by atoms with Crippen LogP contribution in [0.25, 0.3) is 0 Å². The van der Waals surface area contributed by atoms with Crippen LogP contribution in [-0.4, -0.2) is 30.8 Å². The fourth-order valence-electron chi connectivity index (χ4n) is 2.92. The van der Waals surface area contributed by atoms with Crippen molar-refractivity contribution in [1.29, 1.82) is 0 Å². The van der Waals surface area contributed by atoms with E-state index >= 15 is 0 Å². The summed E-state index contributed by atoms with van der Waals surface area (Å²) in [5, 5.41) is 6.84. The lowest BCUT2D eigenvalue weighted by Gasteiger charge is -2.28. The summed E-state index contributed by atoms with van der Waals surface area (Å²) in [5.74, 6) is 1.73. The number of halogens is 1. The van der Waals surface area contributed by atoms with Crippen LogP contribution in [0.5, 0.6) is 0 Å². The second-order valence-corrected chi connectivity index (χ2v) is 6.07. The van der Waals surface area contributed by atoms with Gasteiger partial charge in [0.1, 0.15) is 5.56 Å². The Bertz CT molecular complexity index is 317. The first-order chi connectivity index (χ1) is 8.24. The van der Waals surface area contributed by atoms with Crippen LogP contribution in [0.2, 0.25) is 0 Å². The van der Waals surface area contributed by atoms with Crippen LogP contribution in [0.15, 0.2) is 11.8 Å². The Morgan fingerprint density at radius 3 is 2.94 bits per heavy atom. The molecule has 4 heteroatoms. The van der Waals surface area contributed by atoms with Crippen molar-refractivity contribution < 1.29 is 4.74 Å². The third-order valence-corrected chi connectivity index (χ3v) is 4.56. The lowest BCUT2D eigenvalue weighted by Crippen LogP contribution is -2.43. The Hall–Kier alpha value is -0.250. The summed E-state index contributed by atoms with van der Waals surface area (Å²) in [6, 6.07) is 0.608. The van der Waals surface area contributed by atoms with Crippen molar-refractivity contribution in [2.24, 2.45) is 11.8 Å². The van der Waals surface area contributed by atoms with Crippen molar-refractivity contribution in [3.8, 4) is 0 Å². The van der Waals surface area contributed by atoms with Gasteiger partial charge in [-0.2, -0.15) is 0 Å². The smallest absolute Gasteiger partial charge is 0.144 e. The van der Waals surface area contributed by atoms with Crippen molar-refractivity contribution in [3.05, 3.63) is 11.8 Å². The number of alkyl halides is 1. The lowest BCUT2D eigenvalue weighted by molar-refractivity contribution is 0.0250. The highest BCUT2D eigenvalue weighted by atomic mass is 35.5. The van der Waals surface area contributed by atoms with Gasteiger partial charge in [-0.25, -0.2) is 0 Å². The van der Waals surface area contributed by atoms with Crippen LogP contribution >= 0.6 is 11.6 Å². The van der Waals surface area contributed by atoms with E-state index in [0.29, 0.717) is 6.04 Å². The Kier molecular flexibility index (Phi) is 3.33.